The molecule has 0 aliphatic heterocycles. The molecule has 96 valence electrons. The zero-order valence-corrected chi connectivity index (χ0v) is 11.6. The molecular weight excluding hydrogens is 299 g/mol. The van der Waals surface area contributed by atoms with Crippen molar-refractivity contribution in [2.45, 2.75) is 25.1 Å². The molecule has 3 nitrogen and oxygen atoms in total. The predicted octanol–water partition coefficient (Wildman–Crippen LogP) is 3.79. The number of nitrogens with one attached hydrogen (secondary N) is 1. The molecule has 1 fully saturated rings. The molecule has 0 aromatic heterocycles. The highest BCUT2D eigenvalue weighted by Crippen LogP contribution is 2.33. The monoisotopic (exact) mass is 312 g/mol. The SMILES string of the molecule is CC(=O)Nc1c(N=CC2CC2)ccc(CBr)c1F. The number of halogens is 2. The first-order valence-electron chi connectivity index (χ1n) is 5.81. The third-order valence-electron chi connectivity index (χ3n) is 2.69. The highest BCUT2D eigenvalue weighted by molar-refractivity contribution is 9.08. The largest absolute Gasteiger partial charge is 0.322 e. The van der Waals surface area contributed by atoms with Crippen LogP contribution in [0.1, 0.15) is 25.3 Å². The van der Waals surface area contributed by atoms with Gasteiger partial charge in [0.25, 0.3) is 0 Å². The Bertz CT molecular complexity index is 498. The van der Waals surface area contributed by atoms with Crippen molar-refractivity contribution in [1.82, 2.24) is 0 Å². The molecule has 0 bridgehead atoms. The smallest absolute Gasteiger partial charge is 0.221 e. The number of aliphatic imine (C=N–C) groups is 1. The minimum absolute atomic E-state index is 0.163. The summed E-state index contributed by atoms with van der Waals surface area (Å²) in [4.78, 5) is 15.4. The first-order chi connectivity index (χ1) is 8.61. The van der Waals surface area contributed by atoms with Crippen molar-refractivity contribution in [3.63, 3.8) is 0 Å². The van der Waals surface area contributed by atoms with E-state index >= 15 is 0 Å². The van der Waals surface area contributed by atoms with E-state index in [1.54, 1.807) is 12.1 Å². The van der Waals surface area contributed by atoms with Crippen LogP contribution in [0.25, 0.3) is 0 Å². The number of hydrogen-bond acceptors (Lipinski definition) is 2. The third-order valence-corrected chi connectivity index (χ3v) is 3.30. The van der Waals surface area contributed by atoms with Crippen LogP contribution in [0.5, 0.6) is 0 Å². The predicted molar refractivity (Wildman–Crippen MR) is 74.2 cm³/mol. The quantitative estimate of drug-likeness (QED) is 0.667. The summed E-state index contributed by atoms with van der Waals surface area (Å²) in [5.41, 5.74) is 1.14. The lowest BCUT2D eigenvalue weighted by molar-refractivity contribution is -0.114. The van der Waals surface area contributed by atoms with E-state index in [2.05, 4.69) is 26.2 Å². The van der Waals surface area contributed by atoms with Gasteiger partial charge in [-0.25, -0.2) is 4.39 Å². The molecule has 0 spiro atoms. The van der Waals surface area contributed by atoms with E-state index in [9.17, 15) is 9.18 Å². The van der Waals surface area contributed by atoms with Crippen molar-refractivity contribution in [1.29, 1.82) is 0 Å². The van der Waals surface area contributed by atoms with Gasteiger partial charge in [0.15, 0.2) is 5.82 Å². The second kappa shape index (κ2) is 5.61. The molecule has 0 unspecified atom stereocenters. The van der Waals surface area contributed by atoms with E-state index < -0.39 is 5.82 Å². The number of hydrogen-bond donors (Lipinski definition) is 1. The number of carbonyl (C=O) groups excluding carboxylic acids is 1. The van der Waals surface area contributed by atoms with Crippen molar-refractivity contribution in [3.8, 4) is 0 Å². The van der Waals surface area contributed by atoms with Gasteiger partial charge in [0.05, 0.1) is 5.69 Å². The Hall–Kier alpha value is -1.23. The number of benzene rings is 1. The third kappa shape index (κ3) is 3.16. The van der Waals surface area contributed by atoms with Crippen LogP contribution in [0.2, 0.25) is 0 Å². The zero-order chi connectivity index (χ0) is 13.1. The van der Waals surface area contributed by atoms with Gasteiger partial charge < -0.3 is 5.32 Å². The van der Waals surface area contributed by atoms with Gasteiger partial charge in [0.1, 0.15) is 5.69 Å². The Balaban J connectivity index is 2.36. The normalized spacial score (nSPS) is 15.1. The second-order valence-electron chi connectivity index (χ2n) is 4.36. The number of amides is 1. The van der Waals surface area contributed by atoms with E-state index in [1.807, 2.05) is 6.21 Å². The molecule has 1 aromatic rings. The minimum atomic E-state index is -0.424. The Morgan fingerprint density at radius 1 is 1.61 bits per heavy atom. The first kappa shape index (κ1) is 13.2. The summed E-state index contributed by atoms with van der Waals surface area (Å²) in [5, 5.41) is 2.91. The maximum atomic E-state index is 14.1. The Morgan fingerprint density at radius 2 is 2.33 bits per heavy atom. The molecule has 1 amide bonds. The lowest BCUT2D eigenvalue weighted by Gasteiger charge is -2.10. The summed E-state index contributed by atoms with van der Waals surface area (Å²) in [6.45, 7) is 1.36. The highest BCUT2D eigenvalue weighted by atomic mass is 79.9. The van der Waals surface area contributed by atoms with Crippen LogP contribution >= 0.6 is 15.9 Å². The Morgan fingerprint density at radius 3 is 2.89 bits per heavy atom. The molecule has 5 heteroatoms. The van der Waals surface area contributed by atoms with Gasteiger partial charge in [-0.05, 0) is 24.8 Å². The van der Waals surface area contributed by atoms with Crippen molar-refractivity contribution >= 4 is 39.4 Å². The topological polar surface area (TPSA) is 41.5 Å². The average Bonchev–Trinajstić information content (AvgIpc) is 3.13. The Kier molecular flexibility index (Phi) is 4.11. The zero-order valence-electron chi connectivity index (χ0n) is 10.0. The number of nitrogens with zero attached hydrogens (tertiary/aromatic N) is 1. The number of carbonyl (C=O) groups is 1. The fourth-order valence-electron chi connectivity index (χ4n) is 1.55. The van der Waals surface area contributed by atoms with E-state index in [-0.39, 0.29) is 11.6 Å². The molecule has 1 saturated carbocycles. The van der Waals surface area contributed by atoms with Crippen LogP contribution in [0.15, 0.2) is 17.1 Å². The van der Waals surface area contributed by atoms with Gasteiger partial charge in [0.2, 0.25) is 5.91 Å². The first-order valence-corrected chi connectivity index (χ1v) is 6.93. The molecule has 1 aliphatic carbocycles. The van der Waals surface area contributed by atoms with Crippen LogP contribution in [-0.2, 0) is 10.1 Å². The van der Waals surface area contributed by atoms with E-state index in [1.165, 1.54) is 6.92 Å². The van der Waals surface area contributed by atoms with E-state index in [0.29, 0.717) is 22.5 Å². The van der Waals surface area contributed by atoms with Crippen LogP contribution in [0.4, 0.5) is 15.8 Å². The molecule has 0 heterocycles. The van der Waals surface area contributed by atoms with Crippen LogP contribution in [0.3, 0.4) is 0 Å². The van der Waals surface area contributed by atoms with Gasteiger partial charge in [-0.15, -0.1) is 0 Å². The molecule has 1 aliphatic rings. The van der Waals surface area contributed by atoms with Gasteiger partial charge in [0, 0.05) is 24.0 Å². The summed E-state index contributed by atoms with van der Waals surface area (Å²) < 4.78 is 14.1. The molecular formula is C13H14BrFN2O. The van der Waals surface area contributed by atoms with Crippen LogP contribution in [0, 0.1) is 11.7 Å². The lowest BCUT2D eigenvalue weighted by Crippen LogP contribution is -2.09. The summed E-state index contributed by atoms with van der Waals surface area (Å²) in [5.74, 6) is -0.217. The van der Waals surface area contributed by atoms with E-state index in [0.717, 1.165) is 12.8 Å². The van der Waals surface area contributed by atoms with Gasteiger partial charge in [-0.3, -0.25) is 9.79 Å². The molecule has 18 heavy (non-hydrogen) atoms. The molecule has 0 atom stereocenters. The minimum Gasteiger partial charge on any atom is -0.322 e. The number of anilines is 1. The standard InChI is InChI=1S/C13H14BrFN2O/c1-8(18)17-13-11(16-7-9-2-3-9)5-4-10(6-14)12(13)15/h4-5,7,9H,2-3,6H2,1H3,(H,17,18). The van der Waals surface area contributed by atoms with Crippen LogP contribution in [-0.4, -0.2) is 12.1 Å². The van der Waals surface area contributed by atoms with Gasteiger partial charge >= 0.3 is 0 Å². The van der Waals surface area contributed by atoms with Crippen molar-refractivity contribution in [2.75, 3.05) is 5.32 Å². The average molecular weight is 313 g/mol. The summed E-state index contributed by atoms with van der Waals surface area (Å²) in [6, 6.07) is 3.40. The molecule has 1 N–H and O–H groups in total. The fraction of sp³-hybridized carbons (Fsp3) is 0.385. The molecule has 1 aromatic carbocycles. The summed E-state index contributed by atoms with van der Waals surface area (Å²) in [7, 11) is 0. The highest BCUT2D eigenvalue weighted by Gasteiger charge is 2.19. The lowest BCUT2D eigenvalue weighted by atomic mass is 10.1. The second-order valence-corrected chi connectivity index (χ2v) is 4.92. The maximum Gasteiger partial charge on any atom is 0.221 e. The summed E-state index contributed by atoms with van der Waals surface area (Å²) >= 11 is 3.21. The maximum absolute atomic E-state index is 14.1. The van der Waals surface area contributed by atoms with Gasteiger partial charge in [-0.2, -0.15) is 0 Å². The number of alkyl halides is 1. The molecule has 0 radical (unpaired) electrons. The van der Waals surface area contributed by atoms with E-state index in [4.69, 9.17) is 0 Å². The van der Waals surface area contributed by atoms with Crippen molar-refractivity contribution < 1.29 is 9.18 Å². The van der Waals surface area contributed by atoms with Crippen molar-refractivity contribution in [2.24, 2.45) is 10.9 Å². The van der Waals surface area contributed by atoms with Crippen LogP contribution < -0.4 is 5.32 Å². The van der Waals surface area contributed by atoms with Gasteiger partial charge in [-0.1, -0.05) is 22.0 Å². The molecule has 0 saturated heterocycles. The molecule has 2 rings (SSSR count). The van der Waals surface area contributed by atoms with Crippen molar-refractivity contribution in [3.05, 3.63) is 23.5 Å². The fourth-order valence-corrected chi connectivity index (χ4v) is 1.98. The Labute approximate surface area is 114 Å². The summed E-state index contributed by atoms with van der Waals surface area (Å²) in [6.07, 6.45) is 4.11. The number of rotatable bonds is 4.